The molecule has 2 aliphatic carbocycles. The van der Waals surface area contributed by atoms with E-state index in [9.17, 15) is 5.11 Å². The average Bonchev–Trinajstić information content (AvgIpc) is 2.39. The molecule has 20 heavy (non-hydrogen) atoms. The lowest BCUT2D eigenvalue weighted by Crippen LogP contribution is -2.56. The van der Waals surface area contributed by atoms with Crippen LogP contribution in [0.2, 0.25) is 0 Å². The van der Waals surface area contributed by atoms with Crippen molar-refractivity contribution in [1.29, 1.82) is 0 Å². The van der Waals surface area contributed by atoms with Crippen LogP contribution in [0, 0.1) is 23.2 Å². The lowest BCUT2D eigenvalue weighted by atomic mass is 9.56. The highest BCUT2D eigenvalue weighted by Gasteiger charge is 2.51. The second-order valence-electron chi connectivity index (χ2n) is 8.29. The first kappa shape index (κ1) is 16.3. The average molecular weight is 281 g/mol. The monoisotopic (exact) mass is 281 g/mol. The van der Waals surface area contributed by atoms with E-state index in [-0.39, 0.29) is 5.41 Å². The summed E-state index contributed by atoms with van der Waals surface area (Å²) < 4.78 is 0. The van der Waals surface area contributed by atoms with Crippen LogP contribution >= 0.6 is 0 Å². The maximum atomic E-state index is 11.4. The highest BCUT2D eigenvalue weighted by molar-refractivity contribution is 5.04. The zero-order valence-corrected chi connectivity index (χ0v) is 13.8. The molecule has 0 aliphatic heterocycles. The van der Waals surface area contributed by atoms with Gasteiger partial charge in [-0.3, -0.25) is 0 Å². The molecular weight excluding hydrogens is 246 g/mol. The fourth-order valence-electron chi connectivity index (χ4n) is 4.89. The Morgan fingerprint density at radius 1 is 1.15 bits per heavy atom. The van der Waals surface area contributed by atoms with E-state index in [1.54, 1.807) is 0 Å². The molecule has 118 valence electrons. The van der Waals surface area contributed by atoms with E-state index in [0.29, 0.717) is 12.5 Å². The van der Waals surface area contributed by atoms with Crippen molar-refractivity contribution >= 4 is 0 Å². The van der Waals surface area contributed by atoms with Gasteiger partial charge in [-0.2, -0.15) is 0 Å². The van der Waals surface area contributed by atoms with E-state index in [1.807, 2.05) is 0 Å². The first-order valence-electron chi connectivity index (χ1n) is 8.83. The Kier molecular flexibility index (Phi) is 5.18. The van der Waals surface area contributed by atoms with Gasteiger partial charge in [0.1, 0.15) is 0 Å². The first-order valence-corrected chi connectivity index (χ1v) is 8.83. The number of rotatable bonds is 4. The molecule has 2 nitrogen and oxygen atoms in total. The maximum absolute atomic E-state index is 11.4. The zero-order chi connectivity index (χ0) is 14.8. The first-order chi connectivity index (χ1) is 9.41. The van der Waals surface area contributed by atoms with Gasteiger partial charge in [0, 0.05) is 12.0 Å². The molecule has 0 aromatic carbocycles. The molecular formula is C18H35NO. The third-order valence-corrected chi connectivity index (χ3v) is 6.24. The van der Waals surface area contributed by atoms with Crippen molar-refractivity contribution in [3.63, 3.8) is 0 Å². The molecule has 2 rings (SSSR count). The van der Waals surface area contributed by atoms with E-state index >= 15 is 0 Å². The Morgan fingerprint density at radius 2 is 1.80 bits per heavy atom. The SMILES string of the molecule is CC(C)CC1CCCC(O)(C2(CN)CCC(C)CC2)C1. The second kappa shape index (κ2) is 6.36. The van der Waals surface area contributed by atoms with E-state index in [4.69, 9.17) is 5.73 Å². The summed E-state index contributed by atoms with van der Waals surface area (Å²) >= 11 is 0. The Morgan fingerprint density at radius 3 is 2.35 bits per heavy atom. The van der Waals surface area contributed by atoms with E-state index in [0.717, 1.165) is 37.5 Å². The van der Waals surface area contributed by atoms with Gasteiger partial charge in [0.15, 0.2) is 0 Å². The van der Waals surface area contributed by atoms with Gasteiger partial charge in [-0.05, 0) is 49.9 Å². The molecule has 0 bridgehead atoms. The normalized spacial score (nSPS) is 42.9. The highest BCUT2D eigenvalue weighted by Crippen LogP contribution is 2.53. The fourth-order valence-corrected chi connectivity index (χ4v) is 4.89. The van der Waals surface area contributed by atoms with Crippen molar-refractivity contribution in [3.05, 3.63) is 0 Å². The summed E-state index contributed by atoms with van der Waals surface area (Å²) in [4.78, 5) is 0. The van der Waals surface area contributed by atoms with Crippen LogP contribution in [0.3, 0.4) is 0 Å². The summed E-state index contributed by atoms with van der Waals surface area (Å²) in [5.41, 5.74) is 5.71. The van der Waals surface area contributed by atoms with Gasteiger partial charge in [-0.25, -0.2) is 0 Å². The van der Waals surface area contributed by atoms with Gasteiger partial charge in [0.05, 0.1) is 5.60 Å². The van der Waals surface area contributed by atoms with Gasteiger partial charge < -0.3 is 10.8 Å². The van der Waals surface area contributed by atoms with Crippen LogP contribution in [0.4, 0.5) is 0 Å². The predicted molar refractivity (Wildman–Crippen MR) is 85.5 cm³/mol. The van der Waals surface area contributed by atoms with Crippen molar-refractivity contribution in [2.45, 2.75) is 84.2 Å². The van der Waals surface area contributed by atoms with Crippen molar-refractivity contribution < 1.29 is 5.11 Å². The van der Waals surface area contributed by atoms with Crippen molar-refractivity contribution in [1.82, 2.24) is 0 Å². The van der Waals surface area contributed by atoms with Crippen LogP contribution in [0.1, 0.15) is 78.6 Å². The largest absolute Gasteiger partial charge is 0.389 e. The molecule has 2 fully saturated rings. The molecule has 0 heterocycles. The molecule has 0 aromatic rings. The summed E-state index contributed by atoms with van der Waals surface area (Å²) in [6.45, 7) is 7.61. The van der Waals surface area contributed by atoms with E-state index in [1.165, 1.54) is 32.1 Å². The second-order valence-corrected chi connectivity index (χ2v) is 8.29. The summed E-state index contributed by atoms with van der Waals surface area (Å²) in [7, 11) is 0. The lowest BCUT2D eigenvalue weighted by molar-refractivity contribution is -0.137. The van der Waals surface area contributed by atoms with Gasteiger partial charge in [0.25, 0.3) is 0 Å². The van der Waals surface area contributed by atoms with Crippen molar-refractivity contribution in [2.24, 2.45) is 28.9 Å². The summed E-state index contributed by atoms with van der Waals surface area (Å²) in [6, 6.07) is 0. The standard InChI is InChI=1S/C18H35NO/c1-14(2)11-16-5-4-8-18(20,12-16)17(13-19)9-6-15(3)7-10-17/h14-16,20H,4-13,19H2,1-3H3. The van der Waals surface area contributed by atoms with Crippen LogP contribution < -0.4 is 5.73 Å². The Bertz CT molecular complexity index is 307. The van der Waals surface area contributed by atoms with Crippen LogP contribution in [-0.2, 0) is 0 Å². The zero-order valence-electron chi connectivity index (χ0n) is 13.8. The third-order valence-electron chi connectivity index (χ3n) is 6.24. The summed E-state index contributed by atoms with van der Waals surface area (Å²) in [5, 5.41) is 11.4. The van der Waals surface area contributed by atoms with E-state index in [2.05, 4.69) is 20.8 Å². The number of hydrogen-bond donors (Lipinski definition) is 2. The molecule has 2 unspecified atom stereocenters. The molecule has 0 aromatic heterocycles. The molecule has 0 saturated heterocycles. The minimum Gasteiger partial charge on any atom is -0.389 e. The number of nitrogens with two attached hydrogens (primary N) is 1. The molecule has 0 amide bonds. The summed E-state index contributed by atoms with van der Waals surface area (Å²) in [6.07, 6.45) is 10.5. The molecule has 2 aliphatic rings. The topological polar surface area (TPSA) is 46.2 Å². The van der Waals surface area contributed by atoms with Crippen molar-refractivity contribution in [3.8, 4) is 0 Å². The molecule has 0 spiro atoms. The minimum absolute atomic E-state index is 0.00909. The van der Waals surface area contributed by atoms with Crippen LogP contribution in [0.15, 0.2) is 0 Å². The van der Waals surface area contributed by atoms with Gasteiger partial charge in [-0.15, -0.1) is 0 Å². The Hall–Kier alpha value is -0.0800. The molecule has 2 heteroatoms. The summed E-state index contributed by atoms with van der Waals surface area (Å²) in [5.74, 6) is 2.26. The maximum Gasteiger partial charge on any atom is 0.0718 e. The van der Waals surface area contributed by atoms with E-state index < -0.39 is 5.60 Å². The smallest absolute Gasteiger partial charge is 0.0718 e. The predicted octanol–water partition coefficient (Wildman–Crippen LogP) is 4.11. The highest BCUT2D eigenvalue weighted by atomic mass is 16.3. The van der Waals surface area contributed by atoms with Crippen molar-refractivity contribution in [2.75, 3.05) is 6.54 Å². The minimum atomic E-state index is -0.486. The fraction of sp³-hybridized carbons (Fsp3) is 1.00. The Balaban J connectivity index is 2.10. The molecule has 2 atom stereocenters. The molecule has 2 saturated carbocycles. The third kappa shape index (κ3) is 3.22. The molecule has 3 N–H and O–H groups in total. The Labute approximate surface area is 125 Å². The quantitative estimate of drug-likeness (QED) is 0.814. The molecule has 0 radical (unpaired) electrons. The number of hydrogen-bond acceptors (Lipinski definition) is 2. The van der Waals surface area contributed by atoms with Crippen LogP contribution in [-0.4, -0.2) is 17.3 Å². The lowest BCUT2D eigenvalue weighted by Gasteiger charge is -2.53. The van der Waals surface area contributed by atoms with Crippen LogP contribution in [0.5, 0.6) is 0 Å². The van der Waals surface area contributed by atoms with Gasteiger partial charge in [0.2, 0.25) is 0 Å². The van der Waals surface area contributed by atoms with Crippen LogP contribution in [0.25, 0.3) is 0 Å². The van der Waals surface area contributed by atoms with Gasteiger partial charge in [-0.1, -0.05) is 46.5 Å². The van der Waals surface area contributed by atoms with Gasteiger partial charge >= 0.3 is 0 Å². The number of aliphatic hydroxyl groups is 1.